The highest BCUT2D eigenvalue weighted by molar-refractivity contribution is 9.10. The lowest BCUT2D eigenvalue weighted by Crippen LogP contribution is -2.11. The van der Waals surface area contributed by atoms with Crippen molar-refractivity contribution in [2.75, 3.05) is 5.32 Å². The minimum absolute atomic E-state index is 0.0244. The molecule has 0 fully saturated rings. The Labute approximate surface area is 159 Å². The Morgan fingerprint density at radius 3 is 2.46 bits per heavy atom. The zero-order valence-corrected chi connectivity index (χ0v) is 15.6. The molecule has 1 N–H and O–H groups in total. The second-order valence-electron chi connectivity index (χ2n) is 5.57. The lowest BCUT2D eigenvalue weighted by atomic mass is 10.1. The van der Waals surface area contributed by atoms with Crippen molar-refractivity contribution in [3.05, 3.63) is 82.2 Å². The molecule has 1 amide bonds. The first-order valence-corrected chi connectivity index (χ1v) is 8.70. The van der Waals surface area contributed by atoms with Crippen LogP contribution in [0.2, 0.25) is 0 Å². The Kier molecular flexibility index (Phi) is 5.53. The van der Waals surface area contributed by atoms with E-state index in [4.69, 9.17) is 9.15 Å². The molecule has 0 bridgehead atoms. The number of carbonyl (C=O) groups is 2. The standard InChI is InChI=1S/C20H16BrNO4/c1-13(23)14-6-8-15(9-7-14)22-20(24)19-11-10-16(26-19)12-25-18-5-3-2-4-17(18)21/h2-11H,12H2,1H3,(H,22,24). The minimum atomic E-state index is -0.368. The molecule has 0 saturated heterocycles. The van der Waals surface area contributed by atoms with Gasteiger partial charge in [0.15, 0.2) is 11.5 Å². The number of halogens is 1. The average Bonchev–Trinajstić information content (AvgIpc) is 3.11. The van der Waals surface area contributed by atoms with Gasteiger partial charge in [0.05, 0.1) is 4.47 Å². The Morgan fingerprint density at radius 2 is 1.77 bits per heavy atom. The Bertz CT molecular complexity index is 931. The number of ether oxygens (including phenoxy) is 1. The van der Waals surface area contributed by atoms with E-state index in [0.717, 1.165) is 4.47 Å². The summed E-state index contributed by atoms with van der Waals surface area (Å²) in [5, 5.41) is 2.73. The fourth-order valence-electron chi connectivity index (χ4n) is 2.27. The van der Waals surface area contributed by atoms with Crippen LogP contribution in [0.4, 0.5) is 5.69 Å². The van der Waals surface area contributed by atoms with Gasteiger partial charge in [-0.3, -0.25) is 9.59 Å². The molecule has 0 saturated carbocycles. The lowest BCUT2D eigenvalue weighted by Gasteiger charge is -2.06. The molecular formula is C20H16BrNO4. The summed E-state index contributed by atoms with van der Waals surface area (Å²) in [4.78, 5) is 23.5. The number of hydrogen-bond acceptors (Lipinski definition) is 4. The Hall–Kier alpha value is -2.86. The lowest BCUT2D eigenvalue weighted by molar-refractivity contribution is 0.0990. The quantitative estimate of drug-likeness (QED) is 0.572. The van der Waals surface area contributed by atoms with Crippen molar-refractivity contribution < 1.29 is 18.7 Å². The van der Waals surface area contributed by atoms with Gasteiger partial charge in [0, 0.05) is 11.3 Å². The normalized spacial score (nSPS) is 10.4. The van der Waals surface area contributed by atoms with E-state index in [1.807, 2.05) is 24.3 Å². The highest BCUT2D eigenvalue weighted by Crippen LogP contribution is 2.25. The molecule has 0 radical (unpaired) electrons. The zero-order valence-electron chi connectivity index (χ0n) is 14.0. The van der Waals surface area contributed by atoms with Crippen molar-refractivity contribution in [3.8, 4) is 5.75 Å². The van der Waals surface area contributed by atoms with Gasteiger partial charge in [0.2, 0.25) is 0 Å². The van der Waals surface area contributed by atoms with Crippen LogP contribution in [-0.4, -0.2) is 11.7 Å². The van der Waals surface area contributed by atoms with Gasteiger partial charge in [-0.15, -0.1) is 0 Å². The van der Waals surface area contributed by atoms with E-state index in [0.29, 0.717) is 22.8 Å². The van der Waals surface area contributed by atoms with Crippen molar-refractivity contribution in [1.29, 1.82) is 0 Å². The molecular weight excluding hydrogens is 398 g/mol. The molecule has 0 spiro atoms. The molecule has 3 aromatic rings. The summed E-state index contributed by atoms with van der Waals surface area (Å²) in [7, 11) is 0. The zero-order chi connectivity index (χ0) is 18.5. The fraction of sp³-hybridized carbons (Fsp3) is 0.100. The third kappa shape index (κ3) is 4.40. The van der Waals surface area contributed by atoms with E-state index >= 15 is 0 Å². The summed E-state index contributed by atoms with van der Waals surface area (Å²) in [5.41, 5.74) is 1.18. The maximum absolute atomic E-state index is 12.3. The number of benzene rings is 2. The van der Waals surface area contributed by atoms with Crippen LogP contribution in [0.5, 0.6) is 5.75 Å². The van der Waals surface area contributed by atoms with Gasteiger partial charge >= 0.3 is 0 Å². The topological polar surface area (TPSA) is 68.5 Å². The van der Waals surface area contributed by atoms with Crippen molar-refractivity contribution >= 4 is 33.3 Å². The molecule has 2 aromatic carbocycles. The molecule has 26 heavy (non-hydrogen) atoms. The van der Waals surface area contributed by atoms with Crippen molar-refractivity contribution in [2.24, 2.45) is 0 Å². The van der Waals surface area contributed by atoms with E-state index in [1.165, 1.54) is 6.92 Å². The summed E-state index contributed by atoms with van der Waals surface area (Å²) in [6.07, 6.45) is 0. The number of ketones is 1. The summed E-state index contributed by atoms with van der Waals surface area (Å²) < 4.78 is 12.0. The molecule has 132 valence electrons. The van der Waals surface area contributed by atoms with Gasteiger partial charge in [0.1, 0.15) is 18.1 Å². The van der Waals surface area contributed by atoms with E-state index in [1.54, 1.807) is 36.4 Å². The summed E-state index contributed by atoms with van der Waals surface area (Å²) in [5.74, 6) is 1.03. The van der Waals surface area contributed by atoms with Crippen LogP contribution in [0.1, 0.15) is 33.6 Å². The molecule has 0 aliphatic rings. The summed E-state index contributed by atoms with van der Waals surface area (Å²) in [6.45, 7) is 1.71. The Balaban J connectivity index is 1.60. The summed E-state index contributed by atoms with van der Waals surface area (Å²) in [6, 6.07) is 17.5. The minimum Gasteiger partial charge on any atom is -0.484 e. The van der Waals surface area contributed by atoms with E-state index in [2.05, 4.69) is 21.2 Å². The predicted octanol–water partition coefficient (Wildman–Crippen LogP) is 5.08. The van der Waals surface area contributed by atoms with Gasteiger partial charge < -0.3 is 14.5 Å². The third-order valence-electron chi connectivity index (χ3n) is 3.64. The van der Waals surface area contributed by atoms with Crippen LogP contribution in [-0.2, 0) is 6.61 Å². The average molecular weight is 414 g/mol. The molecule has 5 nitrogen and oxygen atoms in total. The highest BCUT2D eigenvalue weighted by Gasteiger charge is 2.12. The van der Waals surface area contributed by atoms with Gasteiger partial charge in [-0.05, 0) is 71.4 Å². The van der Waals surface area contributed by atoms with E-state index in [9.17, 15) is 9.59 Å². The van der Waals surface area contributed by atoms with E-state index < -0.39 is 0 Å². The number of anilines is 1. The smallest absolute Gasteiger partial charge is 0.291 e. The maximum atomic E-state index is 12.3. The first-order valence-electron chi connectivity index (χ1n) is 7.91. The van der Waals surface area contributed by atoms with Crippen molar-refractivity contribution in [1.82, 2.24) is 0 Å². The number of Topliss-reactive ketones (excluding diaryl/α,β-unsaturated/α-hetero) is 1. The number of nitrogens with one attached hydrogen (secondary N) is 1. The predicted molar refractivity (Wildman–Crippen MR) is 102 cm³/mol. The van der Waals surface area contributed by atoms with Crippen LogP contribution in [0.25, 0.3) is 0 Å². The van der Waals surface area contributed by atoms with Crippen LogP contribution < -0.4 is 10.1 Å². The Morgan fingerprint density at radius 1 is 1.04 bits per heavy atom. The number of carbonyl (C=O) groups excluding carboxylic acids is 2. The van der Waals surface area contributed by atoms with Gasteiger partial charge in [-0.1, -0.05) is 12.1 Å². The SMILES string of the molecule is CC(=O)c1ccc(NC(=O)c2ccc(COc3ccccc3Br)o2)cc1. The monoisotopic (exact) mass is 413 g/mol. The number of furan rings is 1. The van der Waals surface area contributed by atoms with Crippen LogP contribution >= 0.6 is 15.9 Å². The van der Waals surface area contributed by atoms with Gasteiger partial charge in [0.25, 0.3) is 5.91 Å². The second kappa shape index (κ2) is 8.01. The van der Waals surface area contributed by atoms with Crippen LogP contribution in [0, 0.1) is 0 Å². The largest absolute Gasteiger partial charge is 0.484 e. The molecule has 1 aromatic heterocycles. The number of hydrogen-bond donors (Lipinski definition) is 1. The first kappa shape index (κ1) is 17.9. The first-order chi connectivity index (χ1) is 12.5. The number of rotatable bonds is 6. The van der Waals surface area contributed by atoms with Gasteiger partial charge in [-0.2, -0.15) is 0 Å². The van der Waals surface area contributed by atoms with Crippen LogP contribution in [0.15, 0.2) is 69.6 Å². The van der Waals surface area contributed by atoms with Crippen molar-refractivity contribution in [2.45, 2.75) is 13.5 Å². The second-order valence-corrected chi connectivity index (χ2v) is 6.43. The van der Waals surface area contributed by atoms with Crippen molar-refractivity contribution in [3.63, 3.8) is 0 Å². The summed E-state index contributed by atoms with van der Waals surface area (Å²) >= 11 is 3.41. The number of amides is 1. The number of para-hydroxylation sites is 1. The third-order valence-corrected chi connectivity index (χ3v) is 4.30. The molecule has 1 heterocycles. The molecule has 0 unspecified atom stereocenters. The molecule has 0 aliphatic heterocycles. The fourth-order valence-corrected chi connectivity index (χ4v) is 2.67. The molecule has 6 heteroatoms. The maximum Gasteiger partial charge on any atom is 0.291 e. The van der Waals surface area contributed by atoms with Gasteiger partial charge in [-0.25, -0.2) is 0 Å². The highest BCUT2D eigenvalue weighted by atomic mass is 79.9. The molecule has 0 aliphatic carbocycles. The molecule has 3 rings (SSSR count). The van der Waals surface area contributed by atoms with Crippen LogP contribution in [0.3, 0.4) is 0 Å². The molecule has 0 atom stereocenters. The van der Waals surface area contributed by atoms with E-state index in [-0.39, 0.29) is 24.1 Å².